The number of carbonyl (C=O) groups is 2. The van der Waals surface area contributed by atoms with Gasteiger partial charge in [-0.15, -0.1) is 0 Å². The number of rotatable bonds is 3. The predicted octanol–water partition coefficient (Wildman–Crippen LogP) is 2.30. The molecule has 3 nitrogen and oxygen atoms in total. The summed E-state index contributed by atoms with van der Waals surface area (Å²) in [6, 6.07) is 16.6. The van der Waals surface area contributed by atoms with Crippen LogP contribution in [0.15, 0.2) is 54.6 Å². The second-order valence-corrected chi connectivity index (χ2v) is 7.72. The average molecular weight is 382 g/mol. The van der Waals surface area contributed by atoms with Crippen molar-refractivity contribution in [1.82, 2.24) is 4.90 Å². The summed E-state index contributed by atoms with van der Waals surface area (Å²) in [5, 5.41) is 0. The summed E-state index contributed by atoms with van der Waals surface area (Å²) in [7, 11) is 0. The molecule has 1 aliphatic rings. The van der Waals surface area contributed by atoms with Gasteiger partial charge in [0.1, 0.15) is 0 Å². The Morgan fingerprint density at radius 3 is 1.96 bits per heavy atom. The molecule has 1 heterocycles. The van der Waals surface area contributed by atoms with E-state index in [1.165, 1.54) is 9.36 Å². The van der Waals surface area contributed by atoms with Crippen LogP contribution in [0.3, 0.4) is 0 Å². The minimum atomic E-state index is -0.400. The van der Waals surface area contributed by atoms with Gasteiger partial charge < -0.3 is 0 Å². The zero-order valence-corrected chi connectivity index (χ0v) is 15.2. The number of benzene rings is 2. The van der Waals surface area contributed by atoms with Gasteiger partial charge in [0.25, 0.3) is 0 Å². The van der Waals surface area contributed by atoms with Gasteiger partial charge in [-0.05, 0) is 0 Å². The molecule has 0 fully saturated rings. The number of carbonyl (C=O) groups excluding carboxylic acids is 2. The summed E-state index contributed by atoms with van der Waals surface area (Å²) < 4.78 is 1.18. The quantitative estimate of drug-likeness (QED) is 0.464. The second kappa shape index (κ2) is 7.05. The number of hydrogen-bond acceptors (Lipinski definition) is 2. The fourth-order valence-electron chi connectivity index (χ4n) is 2.63. The first-order valence-corrected chi connectivity index (χ1v) is 9.50. The van der Waals surface area contributed by atoms with Crippen molar-refractivity contribution in [3.05, 3.63) is 65.7 Å². The van der Waals surface area contributed by atoms with E-state index in [1.807, 2.05) is 44.2 Å². The fourth-order valence-corrected chi connectivity index (χ4v) is 3.87. The first-order valence-electron chi connectivity index (χ1n) is 7.79. The Kier molecular flexibility index (Phi) is 4.85. The van der Waals surface area contributed by atoms with E-state index in [-0.39, 0.29) is 32.7 Å². The Balaban J connectivity index is 1.85. The third-order valence-electron chi connectivity index (χ3n) is 3.85. The van der Waals surface area contributed by atoms with E-state index in [1.54, 1.807) is 24.3 Å². The van der Waals surface area contributed by atoms with Gasteiger partial charge in [0, 0.05) is 0 Å². The molecular formula is C20H17NO2Se. The minimum absolute atomic E-state index is 0.00701. The van der Waals surface area contributed by atoms with Crippen LogP contribution >= 0.6 is 0 Å². The summed E-state index contributed by atoms with van der Waals surface area (Å²) >= 11 is 0.00701. The van der Waals surface area contributed by atoms with Crippen LogP contribution in [0.4, 0.5) is 0 Å². The topological polar surface area (TPSA) is 37.4 Å². The van der Waals surface area contributed by atoms with Crippen molar-refractivity contribution in [2.75, 3.05) is 0 Å². The van der Waals surface area contributed by atoms with Crippen LogP contribution in [0.25, 0.3) is 0 Å². The van der Waals surface area contributed by atoms with E-state index in [9.17, 15) is 9.59 Å². The molecule has 120 valence electrons. The summed E-state index contributed by atoms with van der Waals surface area (Å²) in [6.07, 6.45) is 0. The van der Waals surface area contributed by atoms with Gasteiger partial charge in [0.2, 0.25) is 0 Å². The zero-order chi connectivity index (χ0) is 17.1. The molecule has 0 aliphatic carbocycles. The van der Waals surface area contributed by atoms with Crippen LogP contribution in [0.1, 0.15) is 34.6 Å². The Hall–Kier alpha value is -2.34. The van der Waals surface area contributed by atoms with E-state index in [4.69, 9.17) is 0 Å². The van der Waals surface area contributed by atoms with Crippen molar-refractivity contribution in [3.63, 3.8) is 0 Å². The van der Waals surface area contributed by atoms with E-state index in [2.05, 4.69) is 10.7 Å². The van der Waals surface area contributed by atoms with Crippen molar-refractivity contribution in [3.8, 4) is 10.7 Å². The van der Waals surface area contributed by atoms with Crippen LogP contribution in [0.5, 0.6) is 0 Å². The van der Waals surface area contributed by atoms with Crippen LogP contribution in [0, 0.1) is 16.7 Å². The first-order chi connectivity index (χ1) is 11.6. The van der Waals surface area contributed by atoms with Crippen LogP contribution in [-0.4, -0.2) is 37.7 Å². The average Bonchev–Trinajstić information content (AvgIpc) is 2.84. The zero-order valence-electron chi connectivity index (χ0n) is 13.5. The normalized spacial score (nSPS) is 14.4. The molecule has 2 amide bonds. The maximum atomic E-state index is 12.6. The van der Waals surface area contributed by atoms with Crippen LogP contribution in [0.2, 0.25) is 0 Å². The number of amides is 2. The number of fused-ring (bicyclic) bond motifs is 1. The summed E-state index contributed by atoms with van der Waals surface area (Å²) in [5.74, 6) is 2.76. The summed E-state index contributed by atoms with van der Waals surface area (Å²) in [6.45, 7) is 3.97. The van der Waals surface area contributed by atoms with Crippen LogP contribution in [-0.2, 0) is 0 Å². The monoisotopic (exact) mass is 383 g/mol. The van der Waals surface area contributed by atoms with Crippen LogP contribution < -0.4 is 4.46 Å². The molecule has 4 heteroatoms. The molecular weight excluding hydrogens is 365 g/mol. The molecule has 2 aromatic rings. The van der Waals surface area contributed by atoms with Crippen molar-refractivity contribution in [2.24, 2.45) is 5.92 Å². The van der Waals surface area contributed by atoms with E-state index >= 15 is 0 Å². The van der Waals surface area contributed by atoms with Gasteiger partial charge in [-0.2, -0.15) is 0 Å². The molecule has 1 atom stereocenters. The summed E-state index contributed by atoms with van der Waals surface area (Å²) in [4.78, 5) is 29.8. The van der Waals surface area contributed by atoms with Crippen molar-refractivity contribution < 1.29 is 9.59 Å². The molecule has 0 bridgehead atoms. The standard InChI is InChI=1S/C20H17NO2Se/c1-14(2)18(12-13-24-15-8-4-3-5-9-15)21-19(22)16-10-6-7-11-17(16)20(21)23/h3-11,14,18H,1-2H3/t18-/m1/s1. The molecule has 0 aromatic heterocycles. The molecule has 0 unspecified atom stereocenters. The maximum absolute atomic E-state index is 12.6. The Morgan fingerprint density at radius 2 is 1.42 bits per heavy atom. The number of nitrogens with zero attached hydrogens (tertiary/aromatic N) is 1. The van der Waals surface area contributed by atoms with Gasteiger partial charge in [0.05, 0.1) is 0 Å². The van der Waals surface area contributed by atoms with Crippen molar-refractivity contribution in [1.29, 1.82) is 0 Å². The Morgan fingerprint density at radius 1 is 0.875 bits per heavy atom. The van der Waals surface area contributed by atoms with E-state index in [0.717, 1.165) is 0 Å². The number of hydrogen-bond donors (Lipinski definition) is 0. The molecule has 0 saturated heterocycles. The van der Waals surface area contributed by atoms with Gasteiger partial charge >= 0.3 is 148 Å². The molecule has 0 saturated carbocycles. The molecule has 0 spiro atoms. The fraction of sp³-hybridized carbons (Fsp3) is 0.200. The SMILES string of the molecule is CC(C)[C@@H](C#C[Se]c1ccccc1)N1C(=O)c2ccccc2C1=O. The molecule has 24 heavy (non-hydrogen) atoms. The second-order valence-electron chi connectivity index (χ2n) is 5.88. The molecule has 3 rings (SSSR count). The third-order valence-corrected chi connectivity index (χ3v) is 5.38. The van der Waals surface area contributed by atoms with Crippen molar-refractivity contribution >= 4 is 31.2 Å². The van der Waals surface area contributed by atoms with E-state index < -0.39 is 6.04 Å². The molecule has 0 N–H and O–H groups in total. The van der Waals surface area contributed by atoms with Gasteiger partial charge in [-0.3, -0.25) is 0 Å². The Labute approximate surface area is 148 Å². The van der Waals surface area contributed by atoms with Crippen molar-refractivity contribution in [2.45, 2.75) is 19.9 Å². The van der Waals surface area contributed by atoms with E-state index in [0.29, 0.717) is 11.1 Å². The number of imide groups is 1. The molecule has 1 aliphatic heterocycles. The molecule has 2 aromatic carbocycles. The predicted molar refractivity (Wildman–Crippen MR) is 95.2 cm³/mol. The third kappa shape index (κ3) is 3.14. The van der Waals surface area contributed by atoms with Gasteiger partial charge in [-0.1, -0.05) is 0 Å². The van der Waals surface area contributed by atoms with Gasteiger partial charge in [-0.25, -0.2) is 0 Å². The van der Waals surface area contributed by atoms with Gasteiger partial charge in [0.15, 0.2) is 0 Å². The molecule has 0 radical (unpaired) electrons. The first kappa shape index (κ1) is 16.5. The summed E-state index contributed by atoms with van der Waals surface area (Å²) in [5.41, 5.74) is 0.951. The Bertz CT molecular complexity index is 798.